The van der Waals surface area contributed by atoms with Crippen molar-refractivity contribution in [3.8, 4) is 0 Å². The number of ether oxygens (including phenoxy) is 1. The van der Waals surface area contributed by atoms with Crippen molar-refractivity contribution < 1.29 is 4.74 Å². The second-order valence-corrected chi connectivity index (χ2v) is 4.33. The zero-order valence-electron chi connectivity index (χ0n) is 10.2. The van der Waals surface area contributed by atoms with Gasteiger partial charge in [0.1, 0.15) is 5.76 Å². The van der Waals surface area contributed by atoms with Crippen LogP contribution in [0.25, 0.3) is 0 Å². The normalized spacial score (nSPS) is 16.8. The molecule has 0 radical (unpaired) electrons. The largest absolute Gasteiger partial charge is 0.496 e. The second-order valence-electron chi connectivity index (χ2n) is 4.33. The van der Waals surface area contributed by atoms with E-state index in [4.69, 9.17) is 4.74 Å². The van der Waals surface area contributed by atoms with Gasteiger partial charge < -0.3 is 10.1 Å². The van der Waals surface area contributed by atoms with Crippen LogP contribution in [-0.4, -0.2) is 13.7 Å². The average Bonchev–Trinajstić information content (AvgIpc) is 2.75. The highest BCUT2D eigenvalue weighted by Crippen LogP contribution is 2.28. The molecule has 1 N–H and O–H groups in total. The van der Waals surface area contributed by atoms with Gasteiger partial charge in [0.2, 0.25) is 0 Å². The van der Waals surface area contributed by atoms with E-state index in [0.717, 1.165) is 18.8 Å². The number of likely N-dealkylation sites (N-methyl/N-ethyl adjacent to an activating group) is 1. The fourth-order valence-electron chi connectivity index (χ4n) is 2.24. The van der Waals surface area contributed by atoms with Gasteiger partial charge in [0, 0.05) is 6.42 Å². The number of aryl methyl sites for hydroxylation is 2. The molecule has 1 aliphatic rings. The number of hydrogen-bond donors (Lipinski definition) is 1. The molecule has 2 heteroatoms. The van der Waals surface area contributed by atoms with Crippen LogP contribution in [0.2, 0.25) is 0 Å². The predicted molar refractivity (Wildman–Crippen MR) is 66.4 cm³/mol. The zero-order chi connectivity index (χ0) is 11.5. The van der Waals surface area contributed by atoms with Gasteiger partial charge >= 0.3 is 0 Å². The van der Waals surface area contributed by atoms with Gasteiger partial charge in [-0.05, 0) is 38.1 Å². The third-order valence-corrected chi connectivity index (χ3v) is 3.04. The van der Waals surface area contributed by atoms with Crippen LogP contribution >= 0.6 is 0 Å². The number of hydrogen-bond acceptors (Lipinski definition) is 2. The summed E-state index contributed by atoms with van der Waals surface area (Å²) in [4.78, 5) is 0. The lowest BCUT2D eigenvalue weighted by Gasteiger charge is -2.20. The molecule has 0 saturated carbocycles. The molecule has 16 heavy (non-hydrogen) atoms. The van der Waals surface area contributed by atoms with E-state index in [-0.39, 0.29) is 6.04 Å². The molecule has 1 aliphatic heterocycles. The highest BCUT2D eigenvalue weighted by atomic mass is 16.5. The van der Waals surface area contributed by atoms with Crippen molar-refractivity contribution in [2.45, 2.75) is 26.3 Å². The molecule has 0 fully saturated rings. The van der Waals surface area contributed by atoms with E-state index in [0.29, 0.717) is 0 Å². The van der Waals surface area contributed by atoms with E-state index in [1.807, 2.05) is 7.05 Å². The molecule has 1 heterocycles. The minimum Gasteiger partial charge on any atom is -0.496 e. The van der Waals surface area contributed by atoms with Crippen molar-refractivity contribution in [1.82, 2.24) is 5.32 Å². The Morgan fingerprint density at radius 2 is 2.12 bits per heavy atom. The molecule has 0 spiro atoms. The third kappa shape index (κ3) is 2.12. The molecule has 1 aromatic rings. The fourth-order valence-corrected chi connectivity index (χ4v) is 2.24. The Morgan fingerprint density at radius 3 is 2.69 bits per heavy atom. The lowest BCUT2D eigenvalue weighted by Crippen LogP contribution is -2.20. The maximum atomic E-state index is 5.64. The highest BCUT2D eigenvalue weighted by Gasteiger charge is 2.20. The van der Waals surface area contributed by atoms with Gasteiger partial charge in [-0.15, -0.1) is 0 Å². The van der Waals surface area contributed by atoms with Crippen LogP contribution in [0.5, 0.6) is 0 Å². The third-order valence-electron chi connectivity index (χ3n) is 3.04. The van der Waals surface area contributed by atoms with Gasteiger partial charge in [0.05, 0.1) is 12.6 Å². The SMILES string of the molecule is CNC(C1=CCCO1)c1ccc(C)cc1C. The molecule has 2 nitrogen and oxygen atoms in total. The summed E-state index contributed by atoms with van der Waals surface area (Å²) in [7, 11) is 1.98. The van der Waals surface area contributed by atoms with E-state index in [1.165, 1.54) is 16.7 Å². The predicted octanol–water partition coefficient (Wildman–Crippen LogP) is 2.87. The van der Waals surface area contributed by atoms with Crippen LogP contribution in [0.15, 0.2) is 30.0 Å². The monoisotopic (exact) mass is 217 g/mol. The van der Waals surface area contributed by atoms with Crippen LogP contribution in [-0.2, 0) is 4.74 Å². The molecular weight excluding hydrogens is 198 g/mol. The molecule has 2 rings (SSSR count). The summed E-state index contributed by atoms with van der Waals surface area (Å²) in [5, 5.41) is 3.33. The Hall–Kier alpha value is -1.28. The summed E-state index contributed by atoms with van der Waals surface area (Å²) in [5.74, 6) is 1.06. The van der Waals surface area contributed by atoms with Crippen LogP contribution in [0.4, 0.5) is 0 Å². The van der Waals surface area contributed by atoms with E-state index < -0.39 is 0 Å². The first kappa shape index (κ1) is 11.2. The molecule has 0 saturated heterocycles. The van der Waals surface area contributed by atoms with E-state index in [2.05, 4.69) is 43.4 Å². The van der Waals surface area contributed by atoms with Crippen LogP contribution in [0.1, 0.15) is 29.2 Å². The maximum Gasteiger partial charge on any atom is 0.114 e. The van der Waals surface area contributed by atoms with Gasteiger partial charge in [0.25, 0.3) is 0 Å². The van der Waals surface area contributed by atoms with Crippen LogP contribution in [0.3, 0.4) is 0 Å². The van der Waals surface area contributed by atoms with Gasteiger partial charge in [-0.25, -0.2) is 0 Å². The van der Waals surface area contributed by atoms with Gasteiger partial charge in [-0.1, -0.05) is 23.8 Å². The number of rotatable bonds is 3. The van der Waals surface area contributed by atoms with E-state index in [1.54, 1.807) is 0 Å². The zero-order valence-corrected chi connectivity index (χ0v) is 10.2. The molecule has 0 bridgehead atoms. The minimum atomic E-state index is 0.197. The smallest absolute Gasteiger partial charge is 0.114 e. The summed E-state index contributed by atoms with van der Waals surface area (Å²) >= 11 is 0. The lowest BCUT2D eigenvalue weighted by molar-refractivity contribution is 0.218. The average molecular weight is 217 g/mol. The first-order chi connectivity index (χ1) is 7.72. The summed E-state index contributed by atoms with van der Waals surface area (Å²) in [6.07, 6.45) is 3.21. The summed E-state index contributed by atoms with van der Waals surface area (Å²) in [5.41, 5.74) is 3.93. The molecule has 1 atom stereocenters. The first-order valence-corrected chi connectivity index (χ1v) is 5.79. The van der Waals surface area contributed by atoms with E-state index in [9.17, 15) is 0 Å². The molecule has 1 unspecified atom stereocenters. The van der Waals surface area contributed by atoms with Crippen LogP contribution < -0.4 is 5.32 Å². The molecule has 0 aliphatic carbocycles. The Bertz CT molecular complexity index is 409. The fraction of sp³-hybridized carbons (Fsp3) is 0.429. The quantitative estimate of drug-likeness (QED) is 0.840. The van der Waals surface area contributed by atoms with Gasteiger partial charge in [0.15, 0.2) is 0 Å². The highest BCUT2D eigenvalue weighted by molar-refractivity contribution is 5.36. The minimum absolute atomic E-state index is 0.197. The van der Waals surface area contributed by atoms with Crippen molar-refractivity contribution in [2.24, 2.45) is 0 Å². The number of nitrogens with one attached hydrogen (secondary N) is 1. The Kier molecular flexibility index (Phi) is 3.30. The first-order valence-electron chi connectivity index (χ1n) is 5.79. The maximum absolute atomic E-state index is 5.64. The molecule has 0 amide bonds. The summed E-state index contributed by atoms with van der Waals surface area (Å²) in [6.45, 7) is 5.09. The summed E-state index contributed by atoms with van der Waals surface area (Å²) in [6, 6.07) is 6.76. The van der Waals surface area contributed by atoms with Crippen molar-refractivity contribution in [2.75, 3.05) is 13.7 Å². The Labute approximate surface area is 97.3 Å². The number of benzene rings is 1. The topological polar surface area (TPSA) is 21.3 Å². The second kappa shape index (κ2) is 4.71. The summed E-state index contributed by atoms with van der Waals surface area (Å²) < 4.78 is 5.64. The Balaban J connectivity index is 2.32. The Morgan fingerprint density at radius 1 is 1.31 bits per heavy atom. The van der Waals surface area contributed by atoms with E-state index >= 15 is 0 Å². The standard InChI is InChI=1S/C14H19NO/c1-10-6-7-12(11(2)9-10)14(15-3)13-5-4-8-16-13/h5-7,9,14-15H,4,8H2,1-3H3. The van der Waals surface area contributed by atoms with Crippen molar-refractivity contribution in [3.63, 3.8) is 0 Å². The van der Waals surface area contributed by atoms with Crippen LogP contribution in [0, 0.1) is 13.8 Å². The van der Waals surface area contributed by atoms with Crippen molar-refractivity contribution in [3.05, 3.63) is 46.7 Å². The molecule has 1 aromatic carbocycles. The van der Waals surface area contributed by atoms with Gasteiger partial charge in [-0.3, -0.25) is 0 Å². The van der Waals surface area contributed by atoms with Gasteiger partial charge in [-0.2, -0.15) is 0 Å². The van der Waals surface area contributed by atoms with Crippen molar-refractivity contribution in [1.29, 1.82) is 0 Å². The molecular formula is C14H19NO. The van der Waals surface area contributed by atoms with Crippen molar-refractivity contribution >= 4 is 0 Å². The lowest BCUT2D eigenvalue weighted by atomic mass is 9.98. The molecule has 86 valence electrons. The molecule has 0 aromatic heterocycles.